The van der Waals surface area contributed by atoms with Crippen molar-refractivity contribution in [2.24, 2.45) is 0 Å². The molecule has 8 heteroatoms. The summed E-state index contributed by atoms with van der Waals surface area (Å²) in [5.74, 6) is -0.949. The lowest BCUT2D eigenvalue weighted by Crippen LogP contribution is -2.03. The summed E-state index contributed by atoms with van der Waals surface area (Å²) < 4.78 is 31.0. The number of hydrogen-bond acceptors (Lipinski definition) is 7. The lowest BCUT2D eigenvalue weighted by Gasteiger charge is -2.06. The highest BCUT2D eigenvalue weighted by atomic mass is 31.1. The average molecular weight is 334 g/mol. The van der Waals surface area contributed by atoms with Crippen LogP contribution in [-0.4, -0.2) is 38.4 Å². The van der Waals surface area contributed by atoms with Gasteiger partial charge in [-0.05, 0) is 38.8 Å². The first-order valence-electron chi connectivity index (χ1n) is 6.86. The molecule has 0 aliphatic heterocycles. The van der Waals surface area contributed by atoms with Gasteiger partial charge in [-0.1, -0.05) is 0 Å². The zero-order valence-electron chi connectivity index (χ0n) is 13.3. The van der Waals surface area contributed by atoms with E-state index in [9.17, 15) is 14.2 Å². The maximum atomic E-state index is 11.5. The second kappa shape index (κ2) is 12.1. The summed E-state index contributed by atoms with van der Waals surface area (Å²) in [5, 5.41) is 0. The van der Waals surface area contributed by atoms with E-state index in [-0.39, 0.29) is 26.4 Å². The van der Waals surface area contributed by atoms with Gasteiger partial charge < -0.3 is 18.5 Å². The highest BCUT2D eigenvalue weighted by Crippen LogP contribution is 2.25. The maximum Gasteiger partial charge on any atom is 0.330 e. The van der Waals surface area contributed by atoms with Crippen molar-refractivity contribution in [3.8, 4) is 0 Å². The molecule has 0 bridgehead atoms. The van der Waals surface area contributed by atoms with E-state index in [2.05, 4.69) is 0 Å². The summed E-state index contributed by atoms with van der Waals surface area (Å²) >= 11 is 0. The summed E-state index contributed by atoms with van der Waals surface area (Å²) in [6.07, 6.45) is 2.54. The quantitative estimate of drug-likeness (QED) is 0.344. The number of esters is 2. The Morgan fingerprint density at radius 1 is 0.864 bits per heavy atom. The Labute approximate surface area is 131 Å². The average Bonchev–Trinajstić information content (AvgIpc) is 2.43. The summed E-state index contributed by atoms with van der Waals surface area (Å²) in [6, 6.07) is 0. The third-order valence-electron chi connectivity index (χ3n) is 2.14. The van der Waals surface area contributed by atoms with Crippen LogP contribution in [0.4, 0.5) is 0 Å². The molecule has 0 saturated heterocycles. The molecule has 0 aromatic rings. The van der Waals surface area contributed by atoms with Crippen molar-refractivity contribution in [2.75, 3.05) is 26.4 Å². The van der Waals surface area contributed by atoms with E-state index in [4.69, 9.17) is 18.5 Å². The van der Waals surface area contributed by atoms with Crippen molar-refractivity contribution in [3.05, 3.63) is 23.3 Å². The number of carbonyl (C=O) groups is 2. The molecule has 0 spiro atoms. The highest BCUT2D eigenvalue weighted by Gasteiger charge is 2.05. The molecule has 0 aromatic heterocycles. The normalized spacial score (nSPS) is 13.6. The molecule has 0 aliphatic rings. The number of ether oxygens (including phenoxy) is 2. The molecular weight excluding hydrogens is 311 g/mol. The molecule has 126 valence electrons. The van der Waals surface area contributed by atoms with Crippen molar-refractivity contribution >= 4 is 20.2 Å². The van der Waals surface area contributed by atoms with Gasteiger partial charge in [-0.25, -0.2) is 9.59 Å². The Morgan fingerprint density at radius 2 is 1.23 bits per heavy atom. The monoisotopic (exact) mass is 334 g/mol. The molecule has 0 aliphatic carbocycles. The van der Waals surface area contributed by atoms with Crippen LogP contribution in [0.1, 0.15) is 27.7 Å². The topological polar surface area (TPSA) is 88.1 Å². The summed E-state index contributed by atoms with van der Waals surface area (Å²) in [7, 11) is -2.71. The van der Waals surface area contributed by atoms with Crippen molar-refractivity contribution < 1.29 is 32.7 Å². The van der Waals surface area contributed by atoms with E-state index >= 15 is 0 Å². The molecule has 0 atom stereocenters. The largest absolute Gasteiger partial charge is 0.463 e. The molecule has 0 rings (SSSR count). The van der Waals surface area contributed by atoms with Crippen LogP contribution in [0.15, 0.2) is 23.3 Å². The van der Waals surface area contributed by atoms with Crippen LogP contribution >= 0.6 is 8.25 Å². The van der Waals surface area contributed by atoms with Crippen LogP contribution in [-0.2, 0) is 32.7 Å². The third-order valence-corrected chi connectivity index (χ3v) is 2.90. The maximum absolute atomic E-state index is 11.5. The SMILES string of the molecule is CCOC(=O)C=C(C)CO[PH](=O)OCC(C)=CC(=O)OCC. The van der Waals surface area contributed by atoms with Crippen molar-refractivity contribution in [3.63, 3.8) is 0 Å². The first-order valence-corrected chi connectivity index (χ1v) is 8.08. The van der Waals surface area contributed by atoms with Crippen molar-refractivity contribution in [1.29, 1.82) is 0 Å². The van der Waals surface area contributed by atoms with Crippen LogP contribution in [0.5, 0.6) is 0 Å². The molecule has 0 heterocycles. The van der Waals surface area contributed by atoms with Crippen LogP contribution in [0.25, 0.3) is 0 Å². The summed E-state index contributed by atoms with van der Waals surface area (Å²) in [6.45, 7) is 7.28. The molecule has 0 amide bonds. The molecule has 7 nitrogen and oxygen atoms in total. The van der Waals surface area contributed by atoms with Gasteiger partial charge in [0.2, 0.25) is 0 Å². The number of carbonyl (C=O) groups excluding carboxylic acids is 2. The van der Waals surface area contributed by atoms with Crippen LogP contribution in [0.2, 0.25) is 0 Å². The lowest BCUT2D eigenvalue weighted by atomic mass is 10.3. The lowest BCUT2D eigenvalue weighted by molar-refractivity contribution is -0.138. The molecular formula is C14H23O7P. The van der Waals surface area contributed by atoms with Gasteiger partial charge in [0.25, 0.3) is 0 Å². The van der Waals surface area contributed by atoms with E-state index in [1.54, 1.807) is 27.7 Å². The zero-order valence-corrected chi connectivity index (χ0v) is 14.3. The Balaban J connectivity index is 4.09. The van der Waals surface area contributed by atoms with Crippen LogP contribution < -0.4 is 0 Å². The highest BCUT2D eigenvalue weighted by molar-refractivity contribution is 7.33. The first kappa shape index (κ1) is 20.6. The first-order chi connectivity index (χ1) is 10.4. The third kappa shape index (κ3) is 11.3. The smallest absolute Gasteiger partial charge is 0.330 e. The zero-order chi connectivity index (χ0) is 17.0. The van der Waals surface area contributed by atoms with Gasteiger partial charge in [0, 0.05) is 12.2 Å². The molecule has 0 saturated carbocycles. The Kier molecular flexibility index (Phi) is 11.4. The van der Waals surface area contributed by atoms with Gasteiger partial charge in [-0.15, -0.1) is 0 Å². The van der Waals surface area contributed by atoms with Crippen LogP contribution in [0, 0.1) is 0 Å². The fraction of sp³-hybridized carbons (Fsp3) is 0.571. The molecule has 0 radical (unpaired) electrons. The number of rotatable bonds is 10. The molecule has 0 aromatic carbocycles. The second-order valence-corrected chi connectivity index (χ2v) is 5.39. The van der Waals surface area contributed by atoms with Gasteiger partial charge in [-0.2, -0.15) is 0 Å². The van der Waals surface area contributed by atoms with Gasteiger partial charge in [0.1, 0.15) is 0 Å². The second-order valence-electron chi connectivity index (χ2n) is 4.31. The summed E-state index contributed by atoms with van der Waals surface area (Å²) in [5.41, 5.74) is 1.14. The Hall–Kier alpha value is -1.43. The minimum atomic E-state index is -2.71. The van der Waals surface area contributed by atoms with E-state index in [0.717, 1.165) is 0 Å². The predicted molar refractivity (Wildman–Crippen MR) is 81.7 cm³/mol. The fourth-order valence-electron chi connectivity index (χ4n) is 1.24. The predicted octanol–water partition coefficient (Wildman–Crippen LogP) is 2.43. The van der Waals surface area contributed by atoms with Gasteiger partial charge in [0.15, 0.2) is 0 Å². The Morgan fingerprint density at radius 3 is 1.55 bits per heavy atom. The minimum absolute atomic E-state index is 0.00273. The van der Waals surface area contributed by atoms with Crippen molar-refractivity contribution in [2.45, 2.75) is 27.7 Å². The Bertz CT molecular complexity index is 414. The molecule has 0 fully saturated rings. The van der Waals surface area contributed by atoms with Gasteiger partial charge >= 0.3 is 20.2 Å². The van der Waals surface area contributed by atoms with E-state index in [1.807, 2.05) is 0 Å². The van der Waals surface area contributed by atoms with E-state index < -0.39 is 20.2 Å². The molecule has 0 unspecified atom stereocenters. The molecule has 22 heavy (non-hydrogen) atoms. The van der Waals surface area contributed by atoms with Crippen molar-refractivity contribution in [1.82, 2.24) is 0 Å². The number of hydrogen-bond donors (Lipinski definition) is 0. The van der Waals surface area contributed by atoms with E-state index in [1.165, 1.54) is 12.2 Å². The fourth-order valence-corrected chi connectivity index (χ4v) is 2.02. The van der Waals surface area contributed by atoms with E-state index in [0.29, 0.717) is 11.1 Å². The standard InChI is InChI=1S/C14H23O7P/c1-5-18-13(15)7-11(3)9-20-22(17)21-10-12(4)8-14(16)19-6-2/h7-8,22H,5-6,9-10H2,1-4H3. The van der Waals surface area contributed by atoms with Crippen LogP contribution in [0.3, 0.4) is 0 Å². The minimum Gasteiger partial charge on any atom is -0.463 e. The van der Waals surface area contributed by atoms with Gasteiger partial charge in [0.05, 0.1) is 26.4 Å². The summed E-state index contributed by atoms with van der Waals surface area (Å²) in [4.78, 5) is 22.3. The molecule has 0 N–H and O–H groups in total. The van der Waals surface area contributed by atoms with Gasteiger partial charge in [-0.3, -0.25) is 4.57 Å².